The van der Waals surface area contributed by atoms with Crippen molar-refractivity contribution in [1.29, 1.82) is 0 Å². The second-order valence-electron chi connectivity index (χ2n) is 4.36. The van der Waals surface area contributed by atoms with Crippen LogP contribution in [-0.4, -0.2) is 22.8 Å². The van der Waals surface area contributed by atoms with Gasteiger partial charge in [0.25, 0.3) is 5.91 Å². The van der Waals surface area contributed by atoms with Crippen molar-refractivity contribution in [3.63, 3.8) is 0 Å². The molecule has 0 aliphatic rings. The lowest BCUT2D eigenvalue weighted by Crippen LogP contribution is -2.28. The molecule has 0 saturated carbocycles. The lowest BCUT2D eigenvalue weighted by Gasteiger charge is -2.18. The molecular weight excluding hydrogens is 288 g/mol. The van der Waals surface area contributed by atoms with E-state index in [4.69, 9.17) is 0 Å². The predicted octanol–water partition coefficient (Wildman–Crippen LogP) is 2.91. The van der Waals surface area contributed by atoms with Crippen LogP contribution in [0.4, 0.5) is 17.6 Å². The van der Waals surface area contributed by atoms with E-state index in [9.17, 15) is 22.4 Å². The molecule has 0 saturated heterocycles. The Balaban J connectivity index is 2.21. The van der Waals surface area contributed by atoms with Gasteiger partial charge in [-0.05, 0) is 12.1 Å². The number of carbonyl (C=O) groups excluding carboxylic acids is 1. The standard InChI is InChI=1S/C14H10F4N2O/c1-20(7-8-2-3-9(15)6-11(8)16)14(21)10-4-5-19-13(18)12(10)17/h2-6H,7H2,1H3. The molecule has 0 N–H and O–H groups in total. The summed E-state index contributed by atoms with van der Waals surface area (Å²) in [5, 5.41) is 0. The van der Waals surface area contributed by atoms with Gasteiger partial charge in [0.05, 0.1) is 5.56 Å². The molecule has 1 heterocycles. The van der Waals surface area contributed by atoms with Crippen LogP contribution in [0, 0.1) is 23.4 Å². The molecule has 0 atom stereocenters. The highest BCUT2D eigenvalue weighted by Crippen LogP contribution is 2.15. The van der Waals surface area contributed by atoms with E-state index < -0.39 is 34.9 Å². The molecule has 1 aromatic carbocycles. The highest BCUT2D eigenvalue weighted by molar-refractivity contribution is 5.94. The molecule has 0 fully saturated rings. The number of hydrogen-bond acceptors (Lipinski definition) is 2. The molecule has 0 radical (unpaired) electrons. The van der Waals surface area contributed by atoms with Crippen molar-refractivity contribution in [1.82, 2.24) is 9.88 Å². The fourth-order valence-electron chi connectivity index (χ4n) is 1.77. The van der Waals surface area contributed by atoms with Crippen LogP contribution in [0.1, 0.15) is 15.9 Å². The molecule has 2 aromatic rings. The summed E-state index contributed by atoms with van der Waals surface area (Å²) in [6.07, 6.45) is 0.956. The first-order chi connectivity index (χ1) is 9.90. The Hall–Kier alpha value is -2.44. The van der Waals surface area contributed by atoms with Gasteiger partial charge < -0.3 is 4.90 Å². The van der Waals surface area contributed by atoms with Crippen LogP contribution >= 0.6 is 0 Å². The van der Waals surface area contributed by atoms with Crippen molar-refractivity contribution in [3.8, 4) is 0 Å². The maximum absolute atomic E-state index is 13.5. The van der Waals surface area contributed by atoms with Gasteiger partial charge in [-0.25, -0.2) is 18.2 Å². The Bertz CT molecular complexity index is 691. The zero-order valence-corrected chi connectivity index (χ0v) is 10.9. The van der Waals surface area contributed by atoms with Gasteiger partial charge in [-0.15, -0.1) is 0 Å². The third-order valence-electron chi connectivity index (χ3n) is 2.85. The van der Waals surface area contributed by atoms with Crippen LogP contribution in [0.2, 0.25) is 0 Å². The zero-order valence-electron chi connectivity index (χ0n) is 10.9. The highest BCUT2D eigenvalue weighted by Gasteiger charge is 2.20. The average Bonchev–Trinajstić information content (AvgIpc) is 2.44. The minimum atomic E-state index is -1.39. The number of aromatic nitrogens is 1. The van der Waals surface area contributed by atoms with E-state index in [1.807, 2.05) is 0 Å². The first-order valence-electron chi connectivity index (χ1n) is 5.89. The molecule has 7 heteroatoms. The van der Waals surface area contributed by atoms with Gasteiger partial charge in [-0.2, -0.15) is 4.39 Å². The molecular formula is C14H10F4N2O. The third kappa shape index (κ3) is 3.18. The Morgan fingerprint density at radius 3 is 2.57 bits per heavy atom. The number of benzene rings is 1. The van der Waals surface area contributed by atoms with Gasteiger partial charge >= 0.3 is 0 Å². The summed E-state index contributed by atoms with van der Waals surface area (Å²) in [7, 11) is 1.29. The third-order valence-corrected chi connectivity index (χ3v) is 2.85. The van der Waals surface area contributed by atoms with Gasteiger partial charge in [0.15, 0.2) is 5.82 Å². The minimum absolute atomic E-state index is 0.0576. The quantitative estimate of drug-likeness (QED) is 0.645. The Kier molecular flexibility index (Phi) is 4.21. The average molecular weight is 298 g/mol. The second-order valence-corrected chi connectivity index (χ2v) is 4.36. The number of amides is 1. The highest BCUT2D eigenvalue weighted by atomic mass is 19.2. The zero-order chi connectivity index (χ0) is 15.6. The van der Waals surface area contributed by atoms with Gasteiger partial charge in [0.1, 0.15) is 11.6 Å². The van der Waals surface area contributed by atoms with E-state index in [1.54, 1.807) is 0 Å². The van der Waals surface area contributed by atoms with E-state index in [1.165, 1.54) is 13.1 Å². The summed E-state index contributed by atoms with van der Waals surface area (Å²) in [5.74, 6) is -5.16. The predicted molar refractivity (Wildman–Crippen MR) is 66.3 cm³/mol. The van der Waals surface area contributed by atoms with Crippen molar-refractivity contribution in [2.24, 2.45) is 0 Å². The Labute approximate surface area is 117 Å². The number of hydrogen-bond donors (Lipinski definition) is 0. The minimum Gasteiger partial charge on any atom is -0.337 e. The maximum atomic E-state index is 13.5. The topological polar surface area (TPSA) is 33.2 Å². The molecule has 0 unspecified atom stereocenters. The van der Waals surface area contributed by atoms with Crippen molar-refractivity contribution in [2.45, 2.75) is 6.54 Å². The fourth-order valence-corrected chi connectivity index (χ4v) is 1.77. The van der Waals surface area contributed by atoms with Crippen molar-refractivity contribution >= 4 is 5.91 Å². The van der Waals surface area contributed by atoms with E-state index in [-0.39, 0.29) is 12.1 Å². The first-order valence-corrected chi connectivity index (χ1v) is 5.89. The molecule has 2 rings (SSSR count). The maximum Gasteiger partial charge on any atom is 0.257 e. The Morgan fingerprint density at radius 1 is 1.19 bits per heavy atom. The van der Waals surface area contributed by atoms with E-state index in [2.05, 4.69) is 4.98 Å². The molecule has 1 amide bonds. The van der Waals surface area contributed by atoms with E-state index >= 15 is 0 Å². The molecule has 0 spiro atoms. The van der Waals surface area contributed by atoms with Gasteiger partial charge in [0, 0.05) is 31.4 Å². The van der Waals surface area contributed by atoms with Crippen LogP contribution in [0.15, 0.2) is 30.5 Å². The van der Waals surface area contributed by atoms with Crippen molar-refractivity contribution in [2.75, 3.05) is 7.05 Å². The normalized spacial score (nSPS) is 10.5. The number of pyridine rings is 1. The molecule has 21 heavy (non-hydrogen) atoms. The first kappa shape index (κ1) is 15.0. The molecule has 0 aliphatic carbocycles. The number of rotatable bonds is 3. The summed E-state index contributed by atoms with van der Waals surface area (Å²) < 4.78 is 52.7. The summed E-state index contributed by atoms with van der Waals surface area (Å²) in [4.78, 5) is 16.1. The molecule has 1 aromatic heterocycles. The molecule has 110 valence electrons. The number of carbonyl (C=O) groups is 1. The monoisotopic (exact) mass is 298 g/mol. The number of halogens is 4. The van der Waals surface area contributed by atoms with E-state index in [0.717, 1.165) is 23.2 Å². The molecule has 0 aliphatic heterocycles. The van der Waals surface area contributed by atoms with Crippen molar-refractivity contribution in [3.05, 3.63) is 65.0 Å². The van der Waals surface area contributed by atoms with Crippen LogP contribution in [-0.2, 0) is 6.54 Å². The lowest BCUT2D eigenvalue weighted by molar-refractivity contribution is 0.0777. The lowest BCUT2D eigenvalue weighted by atomic mass is 10.1. The fraction of sp³-hybridized carbons (Fsp3) is 0.143. The SMILES string of the molecule is CN(Cc1ccc(F)cc1F)C(=O)c1ccnc(F)c1F. The summed E-state index contributed by atoms with van der Waals surface area (Å²) in [6.45, 7) is -0.214. The second kappa shape index (κ2) is 5.90. The largest absolute Gasteiger partial charge is 0.337 e. The summed E-state index contributed by atoms with van der Waals surface area (Å²) in [6, 6.07) is 3.93. The van der Waals surface area contributed by atoms with Gasteiger partial charge in [-0.1, -0.05) is 6.07 Å². The van der Waals surface area contributed by atoms with E-state index in [0.29, 0.717) is 6.07 Å². The van der Waals surface area contributed by atoms with Crippen LogP contribution in [0.3, 0.4) is 0 Å². The van der Waals surface area contributed by atoms with Crippen LogP contribution in [0.25, 0.3) is 0 Å². The Morgan fingerprint density at radius 2 is 1.90 bits per heavy atom. The van der Waals surface area contributed by atoms with Crippen LogP contribution < -0.4 is 0 Å². The van der Waals surface area contributed by atoms with Gasteiger partial charge in [-0.3, -0.25) is 4.79 Å². The molecule has 3 nitrogen and oxygen atoms in total. The van der Waals surface area contributed by atoms with Crippen LogP contribution in [0.5, 0.6) is 0 Å². The van der Waals surface area contributed by atoms with Crippen molar-refractivity contribution < 1.29 is 22.4 Å². The number of nitrogens with zero attached hydrogens (tertiary/aromatic N) is 2. The summed E-state index contributed by atoms with van der Waals surface area (Å²) >= 11 is 0. The summed E-state index contributed by atoms with van der Waals surface area (Å²) in [5.41, 5.74) is -0.449. The van der Waals surface area contributed by atoms with Gasteiger partial charge in [0.2, 0.25) is 5.95 Å². The smallest absolute Gasteiger partial charge is 0.257 e. The molecule has 0 bridgehead atoms.